The van der Waals surface area contributed by atoms with Crippen LogP contribution in [0.15, 0.2) is 64.7 Å². The van der Waals surface area contributed by atoms with Crippen molar-refractivity contribution in [3.05, 3.63) is 75.8 Å². The van der Waals surface area contributed by atoms with E-state index in [0.29, 0.717) is 11.3 Å². The van der Waals surface area contributed by atoms with Crippen LogP contribution < -0.4 is 4.90 Å². The zero-order chi connectivity index (χ0) is 21.0. The van der Waals surface area contributed by atoms with Gasteiger partial charge in [0.1, 0.15) is 6.61 Å². The van der Waals surface area contributed by atoms with Crippen LogP contribution in [0.4, 0.5) is 5.69 Å². The highest BCUT2D eigenvalue weighted by Gasteiger charge is 2.60. The predicted molar refractivity (Wildman–Crippen MR) is 115 cm³/mol. The number of allylic oxidation sites excluding steroid dienone is 2. The first kappa shape index (κ1) is 19.2. The van der Waals surface area contributed by atoms with Crippen molar-refractivity contribution in [3.8, 4) is 0 Å². The summed E-state index contributed by atoms with van der Waals surface area (Å²) in [5.74, 6) is -0.783. The van der Waals surface area contributed by atoms with E-state index in [0.717, 1.165) is 16.5 Å². The van der Waals surface area contributed by atoms with E-state index < -0.39 is 5.97 Å². The van der Waals surface area contributed by atoms with E-state index in [1.807, 2.05) is 24.3 Å². The number of ether oxygens (including phenoxy) is 1. The van der Waals surface area contributed by atoms with Crippen molar-refractivity contribution in [1.29, 1.82) is 0 Å². The smallest absolute Gasteiger partial charge is 0.338 e. The number of fused-ring (bicyclic) bond motifs is 5. The van der Waals surface area contributed by atoms with Gasteiger partial charge in [0.15, 0.2) is 0 Å². The highest BCUT2D eigenvalue weighted by Crippen LogP contribution is 2.55. The molecule has 1 heterocycles. The van der Waals surface area contributed by atoms with Crippen molar-refractivity contribution in [2.75, 3.05) is 4.90 Å². The number of nitrogens with zero attached hydrogens (tertiary/aromatic N) is 1. The molecule has 4 atom stereocenters. The first-order valence-corrected chi connectivity index (χ1v) is 10.8. The molecule has 6 heteroatoms. The highest BCUT2D eigenvalue weighted by molar-refractivity contribution is 9.10. The molecule has 2 amide bonds. The van der Waals surface area contributed by atoms with Crippen molar-refractivity contribution < 1.29 is 19.1 Å². The molecule has 2 fully saturated rings. The molecule has 3 aliphatic rings. The summed E-state index contributed by atoms with van der Waals surface area (Å²) in [6.45, 7) is 2.23. The van der Waals surface area contributed by atoms with Crippen LogP contribution in [0.5, 0.6) is 0 Å². The number of carbonyl (C=O) groups is 3. The lowest BCUT2D eigenvalue weighted by Crippen LogP contribution is -2.32. The molecule has 5 nitrogen and oxygen atoms in total. The number of esters is 1. The van der Waals surface area contributed by atoms with Crippen LogP contribution >= 0.6 is 15.9 Å². The molecule has 2 aromatic carbocycles. The van der Waals surface area contributed by atoms with Gasteiger partial charge in [-0.2, -0.15) is 0 Å². The molecule has 1 saturated carbocycles. The normalized spacial score (nSPS) is 26.7. The van der Waals surface area contributed by atoms with Crippen LogP contribution in [0.1, 0.15) is 29.3 Å². The van der Waals surface area contributed by atoms with Gasteiger partial charge in [-0.15, -0.1) is 0 Å². The van der Waals surface area contributed by atoms with Crippen LogP contribution in [-0.2, 0) is 20.9 Å². The fraction of sp³-hybridized carbons (Fsp3) is 0.292. The zero-order valence-electron chi connectivity index (χ0n) is 16.4. The minimum atomic E-state index is -0.446. The van der Waals surface area contributed by atoms with E-state index in [1.54, 1.807) is 24.3 Å². The lowest BCUT2D eigenvalue weighted by atomic mass is 9.82. The third kappa shape index (κ3) is 3.01. The van der Waals surface area contributed by atoms with E-state index in [-0.39, 0.29) is 42.1 Å². The van der Waals surface area contributed by atoms with Crippen LogP contribution in [0.3, 0.4) is 0 Å². The largest absolute Gasteiger partial charge is 0.457 e. The summed E-state index contributed by atoms with van der Waals surface area (Å²) < 4.78 is 6.32. The maximum atomic E-state index is 13.0. The SMILES string of the molecule is CC1=C[C@H]2C[C@H]1[C@H]1C(=O)N(c3ccc(C(=O)OCc4ccc(Br)cc4)cc3)C(=O)[C@H]12. The molecule has 0 spiro atoms. The summed E-state index contributed by atoms with van der Waals surface area (Å²) in [6, 6.07) is 14.0. The second-order valence-electron chi connectivity index (χ2n) is 8.23. The molecule has 1 aliphatic heterocycles. The summed E-state index contributed by atoms with van der Waals surface area (Å²) in [4.78, 5) is 39.6. The summed E-state index contributed by atoms with van der Waals surface area (Å²) in [6.07, 6.45) is 3.07. The van der Waals surface area contributed by atoms with Gasteiger partial charge in [-0.25, -0.2) is 4.79 Å². The Kier molecular flexibility index (Phi) is 4.62. The predicted octanol–water partition coefficient (Wildman–Crippen LogP) is 4.51. The first-order chi connectivity index (χ1) is 14.4. The van der Waals surface area contributed by atoms with E-state index in [9.17, 15) is 14.4 Å². The van der Waals surface area contributed by atoms with Crippen molar-refractivity contribution in [2.24, 2.45) is 23.7 Å². The standard InChI is InChI=1S/C24H20BrNO4/c1-13-10-16-11-19(13)21-20(16)22(27)26(23(21)28)18-8-4-15(5-9-18)24(29)30-12-14-2-6-17(25)7-3-14/h2-10,16,19-21H,11-12H2,1H3/t16-,19+,20-,21+/m0/s1. The van der Waals surface area contributed by atoms with Crippen molar-refractivity contribution in [3.63, 3.8) is 0 Å². The molecule has 2 aromatic rings. The van der Waals surface area contributed by atoms with Gasteiger partial charge >= 0.3 is 5.97 Å². The average Bonchev–Trinajstić information content (AvgIpc) is 3.38. The monoisotopic (exact) mass is 465 g/mol. The number of benzene rings is 2. The summed E-state index contributed by atoms with van der Waals surface area (Å²) >= 11 is 3.37. The Labute approximate surface area is 182 Å². The maximum Gasteiger partial charge on any atom is 0.338 e. The number of imide groups is 1. The number of hydrogen-bond donors (Lipinski definition) is 0. The maximum absolute atomic E-state index is 13.0. The topological polar surface area (TPSA) is 63.7 Å². The van der Waals surface area contributed by atoms with Crippen molar-refractivity contribution >= 4 is 39.4 Å². The van der Waals surface area contributed by atoms with Crippen LogP contribution in [0.2, 0.25) is 0 Å². The molecule has 0 aromatic heterocycles. The van der Waals surface area contributed by atoms with Crippen LogP contribution in [-0.4, -0.2) is 17.8 Å². The molecular formula is C24H20BrNO4. The molecule has 2 bridgehead atoms. The fourth-order valence-corrected chi connectivity index (χ4v) is 5.35. The van der Waals surface area contributed by atoms with Gasteiger partial charge < -0.3 is 4.74 Å². The molecule has 1 saturated heterocycles. The van der Waals surface area contributed by atoms with Gasteiger partial charge in [-0.3, -0.25) is 14.5 Å². The Morgan fingerprint density at radius 1 is 1.03 bits per heavy atom. The third-order valence-electron chi connectivity index (χ3n) is 6.53. The third-order valence-corrected chi connectivity index (χ3v) is 7.05. The van der Waals surface area contributed by atoms with Gasteiger partial charge in [0, 0.05) is 4.47 Å². The van der Waals surface area contributed by atoms with Crippen molar-refractivity contribution in [2.45, 2.75) is 20.0 Å². The van der Waals surface area contributed by atoms with Gasteiger partial charge in [0.2, 0.25) is 11.8 Å². The van der Waals surface area contributed by atoms with E-state index >= 15 is 0 Å². The second-order valence-corrected chi connectivity index (χ2v) is 9.15. The Morgan fingerprint density at radius 2 is 1.70 bits per heavy atom. The first-order valence-electron chi connectivity index (χ1n) is 10.0. The summed E-state index contributed by atoms with van der Waals surface area (Å²) in [5, 5.41) is 0. The number of hydrogen-bond acceptors (Lipinski definition) is 4. The Morgan fingerprint density at radius 3 is 2.40 bits per heavy atom. The lowest BCUT2D eigenvalue weighted by Gasteiger charge is -2.19. The quantitative estimate of drug-likeness (QED) is 0.378. The molecule has 5 rings (SSSR count). The second kappa shape index (κ2) is 7.20. The van der Waals surface area contributed by atoms with Gasteiger partial charge in [-0.05, 0) is 67.1 Å². The van der Waals surface area contributed by atoms with Gasteiger partial charge in [0.25, 0.3) is 0 Å². The molecule has 152 valence electrons. The number of anilines is 1. The molecule has 0 N–H and O–H groups in total. The number of carbonyl (C=O) groups excluding carboxylic acids is 3. The van der Waals surface area contributed by atoms with Crippen molar-refractivity contribution in [1.82, 2.24) is 0 Å². The van der Waals surface area contributed by atoms with E-state index in [4.69, 9.17) is 4.74 Å². The molecule has 0 unspecified atom stereocenters. The zero-order valence-corrected chi connectivity index (χ0v) is 18.0. The van der Waals surface area contributed by atoms with E-state index in [2.05, 4.69) is 28.9 Å². The molecular weight excluding hydrogens is 446 g/mol. The average molecular weight is 466 g/mol. The number of halogens is 1. The van der Waals surface area contributed by atoms with Crippen LogP contribution in [0.25, 0.3) is 0 Å². The van der Waals surface area contributed by atoms with E-state index in [1.165, 1.54) is 10.5 Å². The fourth-order valence-electron chi connectivity index (χ4n) is 5.09. The number of amides is 2. The summed E-state index contributed by atoms with van der Waals surface area (Å²) in [5.41, 5.74) is 3.02. The molecule has 30 heavy (non-hydrogen) atoms. The summed E-state index contributed by atoms with van der Waals surface area (Å²) in [7, 11) is 0. The lowest BCUT2D eigenvalue weighted by molar-refractivity contribution is -0.123. The Bertz CT molecular complexity index is 1070. The Balaban J connectivity index is 1.28. The van der Waals surface area contributed by atoms with Crippen LogP contribution in [0, 0.1) is 23.7 Å². The van der Waals surface area contributed by atoms with Gasteiger partial charge in [-0.1, -0.05) is 39.7 Å². The molecule has 0 radical (unpaired) electrons. The highest BCUT2D eigenvalue weighted by atomic mass is 79.9. The minimum absolute atomic E-state index is 0.115. The number of rotatable bonds is 4. The van der Waals surface area contributed by atoms with Gasteiger partial charge in [0.05, 0.1) is 23.1 Å². The Hall–Kier alpha value is -2.73. The minimum Gasteiger partial charge on any atom is -0.457 e. The molecule has 2 aliphatic carbocycles.